The minimum atomic E-state index is -0.729. The van der Waals surface area contributed by atoms with Crippen molar-refractivity contribution in [3.63, 3.8) is 0 Å². The van der Waals surface area contributed by atoms with Crippen LogP contribution in [0.4, 0.5) is 5.69 Å². The molecule has 0 saturated heterocycles. The summed E-state index contributed by atoms with van der Waals surface area (Å²) in [6.45, 7) is 5.74. The zero-order valence-corrected chi connectivity index (χ0v) is 15.8. The quantitative estimate of drug-likeness (QED) is 0.747. The van der Waals surface area contributed by atoms with E-state index in [0.29, 0.717) is 11.4 Å². The molecule has 5 heteroatoms. The fraction of sp³-hybridized carbons (Fsp3) is 0.227. The third kappa shape index (κ3) is 4.31. The lowest BCUT2D eigenvalue weighted by molar-refractivity contribution is -0.119. The van der Waals surface area contributed by atoms with Crippen LogP contribution in [0.5, 0.6) is 0 Å². The Bertz CT molecular complexity index is 1010. The van der Waals surface area contributed by atoms with Crippen LogP contribution in [0.15, 0.2) is 65.5 Å². The lowest BCUT2D eigenvalue weighted by atomic mass is 10.1. The van der Waals surface area contributed by atoms with Crippen LogP contribution in [-0.2, 0) is 11.2 Å². The maximum atomic E-state index is 12.6. The Morgan fingerprint density at radius 3 is 2.56 bits per heavy atom. The number of nitrogens with zero attached hydrogens (tertiary/aromatic N) is 2. The number of hydrogen-bond donors (Lipinski definition) is 1. The standard InChI is InChI=1S/C22H23N3O2/c1-4-17-6-5-7-19(14-17)23-22(27)16(3)25-21(26)13-12-20(24-25)18-10-8-15(2)9-11-18/h5-14,16H,4H2,1-3H3,(H,23,27)/t16-/m1/s1. The van der Waals surface area contributed by atoms with E-state index < -0.39 is 6.04 Å². The summed E-state index contributed by atoms with van der Waals surface area (Å²) < 4.78 is 1.23. The van der Waals surface area contributed by atoms with E-state index in [1.807, 2.05) is 55.5 Å². The van der Waals surface area contributed by atoms with Crippen molar-refractivity contribution >= 4 is 11.6 Å². The monoisotopic (exact) mass is 361 g/mol. The number of hydrogen-bond acceptors (Lipinski definition) is 3. The van der Waals surface area contributed by atoms with Gasteiger partial charge in [-0.3, -0.25) is 9.59 Å². The molecule has 1 N–H and O–H groups in total. The first kappa shape index (κ1) is 18.6. The number of amides is 1. The van der Waals surface area contributed by atoms with Gasteiger partial charge in [0, 0.05) is 17.3 Å². The summed E-state index contributed by atoms with van der Waals surface area (Å²) in [5, 5.41) is 7.28. The molecule has 27 heavy (non-hydrogen) atoms. The highest BCUT2D eigenvalue weighted by atomic mass is 16.2. The van der Waals surface area contributed by atoms with Crippen molar-refractivity contribution in [1.82, 2.24) is 9.78 Å². The fourth-order valence-electron chi connectivity index (χ4n) is 2.81. The van der Waals surface area contributed by atoms with E-state index in [4.69, 9.17) is 0 Å². The molecule has 0 radical (unpaired) electrons. The number of anilines is 1. The van der Waals surface area contributed by atoms with Crippen molar-refractivity contribution in [1.29, 1.82) is 0 Å². The van der Waals surface area contributed by atoms with Gasteiger partial charge in [-0.05, 0) is 44.0 Å². The first-order valence-electron chi connectivity index (χ1n) is 9.04. The third-order valence-electron chi connectivity index (χ3n) is 4.52. The summed E-state index contributed by atoms with van der Waals surface area (Å²) in [6.07, 6.45) is 0.888. The Balaban J connectivity index is 1.85. The summed E-state index contributed by atoms with van der Waals surface area (Å²) in [6, 6.07) is 18.0. The van der Waals surface area contributed by atoms with Gasteiger partial charge in [0.15, 0.2) is 0 Å². The van der Waals surface area contributed by atoms with Gasteiger partial charge in [0.05, 0.1) is 5.69 Å². The van der Waals surface area contributed by atoms with Crippen LogP contribution in [-0.4, -0.2) is 15.7 Å². The molecule has 0 aliphatic rings. The molecule has 2 aromatic carbocycles. The minimum absolute atomic E-state index is 0.279. The summed E-state index contributed by atoms with van der Waals surface area (Å²) in [4.78, 5) is 24.9. The molecule has 0 aliphatic heterocycles. The highest BCUT2D eigenvalue weighted by Gasteiger charge is 2.18. The highest BCUT2D eigenvalue weighted by molar-refractivity contribution is 5.93. The Hall–Kier alpha value is -3.21. The van der Waals surface area contributed by atoms with Crippen LogP contribution in [0.2, 0.25) is 0 Å². The summed E-state index contributed by atoms with van der Waals surface area (Å²) >= 11 is 0. The molecule has 0 aliphatic carbocycles. The van der Waals surface area contributed by atoms with Gasteiger partial charge < -0.3 is 5.32 Å². The van der Waals surface area contributed by atoms with Crippen molar-refractivity contribution in [2.45, 2.75) is 33.2 Å². The van der Waals surface area contributed by atoms with E-state index in [1.165, 1.54) is 10.7 Å². The second-order valence-electron chi connectivity index (χ2n) is 6.59. The average Bonchev–Trinajstić information content (AvgIpc) is 2.68. The number of rotatable bonds is 5. The minimum Gasteiger partial charge on any atom is -0.324 e. The maximum Gasteiger partial charge on any atom is 0.267 e. The largest absolute Gasteiger partial charge is 0.324 e. The number of benzene rings is 2. The molecule has 1 heterocycles. The summed E-state index contributed by atoms with van der Waals surface area (Å²) in [5.41, 5.74) is 4.25. The Labute approximate surface area is 158 Å². The van der Waals surface area contributed by atoms with Gasteiger partial charge >= 0.3 is 0 Å². The average molecular weight is 361 g/mol. The molecule has 1 amide bonds. The van der Waals surface area contributed by atoms with Crippen LogP contribution in [0.1, 0.15) is 31.0 Å². The van der Waals surface area contributed by atoms with Gasteiger partial charge in [-0.15, -0.1) is 0 Å². The van der Waals surface area contributed by atoms with Crippen LogP contribution in [0.3, 0.4) is 0 Å². The molecular weight excluding hydrogens is 338 g/mol. The smallest absolute Gasteiger partial charge is 0.267 e. The predicted octanol–water partition coefficient (Wildman–Crippen LogP) is 3.98. The van der Waals surface area contributed by atoms with Crippen molar-refractivity contribution < 1.29 is 4.79 Å². The normalized spacial score (nSPS) is 11.8. The lowest BCUT2D eigenvalue weighted by Gasteiger charge is -2.15. The van der Waals surface area contributed by atoms with Crippen LogP contribution < -0.4 is 10.9 Å². The first-order valence-corrected chi connectivity index (χ1v) is 9.04. The van der Waals surface area contributed by atoms with Gasteiger partial charge in [-0.1, -0.05) is 48.9 Å². The molecule has 0 spiro atoms. The van der Waals surface area contributed by atoms with Crippen molar-refractivity contribution in [3.05, 3.63) is 82.1 Å². The molecule has 0 bridgehead atoms. The summed E-state index contributed by atoms with van der Waals surface area (Å²) in [5.74, 6) is -0.279. The van der Waals surface area contributed by atoms with E-state index in [2.05, 4.69) is 17.3 Å². The Morgan fingerprint density at radius 2 is 1.85 bits per heavy atom. The third-order valence-corrected chi connectivity index (χ3v) is 4.52. The Morgan fingerprint density at radius 1 is 1.11 bits per heavy atom. The number of carbonyl (C=O) groups is 1. The van der Waals surface area contributed by atoms with Gasteiger partial charge in [-0.25, -0.2) is 4.68 Å². The molecule has 0 saturated carbocycles. The van der Waals surface area contributed by atoms with Crippen LogP contribution in [0, 0.1) is 6.92 Å². The van der Waals surface area contributed by atoms with Crippen molar-refractivity contribution in [2.75, 3.05) is 5.32 Å². The van der Waals surface area contributed by atoms with Crippen LogP contribution >= 0.6 is 0 Å². The topological polar surface area (TPSA) is 64.0 Å². The molecular formula is C22H23N3O2. The van der Waals surface area contributed by atoms with E-state index >= 15 is 0 Å². The Kier molecular flexibility index (Phi) is 5.50. The van der Waals surface area contributed by atoms with Crippen molar-refractivity contribution in [2.24, 2.45) is 0 Å². The number of aromatic nitrogens is 2. The predicted molar refractivity (Wildman–Crippen MR) is 108 cm³/mol. The fourth-order valence-corrected chi connectivity index (χ4v) is 2.81. The zero-order valence-electron chi connectivity index (χ0n) is 15.8. The molecule has 3 rings (SSSR count). The van der Waals surface area contributed by atoms with E-state index in [0.717, 1.165) is 23.1 Å². The van der Waals surface area contributed by atoms with Crippen molar-refractivity contribution in [3.8, 4) is 11.3 Å². The highest BCUT2D eigenvalue weighted by Crippen LogP contribution is 2.18. The number of aryl methyl sites for hydroxylation is 2. The van der Waals surface area contributed by atoms with Gasteiger partial charge in [-0.2, -0.15) is 5.10 Å². The van der Waals surface area contributed by atoms with E-state index in [1.54, 1.807) is 13.0 Å². The second-order valence-corrected chi connectivity index (χ2v) is 6.59. The number of nitrogens with one attached hydrogen (secondary N) is 1. The first-order chi connectivity index (χ1) is 13.0. The van der Waals surface area contributed by atoms with E-state index in [9.17, 15) is 9.59 Å². The zero-order chi connectivity index (χ0) is 19.4. The second kappa shape index (κ2) is 7.99. The lowest BCUT2D eigenvalue weighted by Crippen LogP contribution is -2.33. The molecule has 1 atom stereocenters. The SMILES string of the molecule is CCc1cccc(NC(=O)[C@@H](C)n2nc(-c3ccc(C)cc3)ccc2=O)c1. The molecule has 0 unspecified atom stereocenters. The molecule has 5 nitrogen and oxygen atoms in total. The molecule has 1 aromatic heterocycles. The van der Waals surface area contributed by atoms with Gasteiger partial charge in [0.25, 0.3) is 5.56 Å². The van der Waals surface area contributed by atoms with Gasteiger partial charge in [0.2, 0.25) is 5.91 Å². The molecule has 0 fully saturated rings. The molecule has 138 valence electrons. The van der Waals surface area contributed by atoms with E-state index in [-0.39, 0.29) is 11.5 Å². The number of carbonyl (C=O) groups excluding carboxylic acids is 1. The maximum absolute atomic E-state index is 12.6. The summed E-state index contributed by atoms with van der Waals surface area (Å²) in [7, 11) is 0. The van der Waals surface area contributed by atoms with Gasteiger partial charge in [0.1, 0.15) is 6.04 Å². The molecule has 3 aromatic rings. The van der Waals surface area contributed by atoms with Crippen LogP contribution in [0.25, 0.3) is 11.3 Å².